The van der Waals surface area contributed by atoms with Crippen LogP contribution in [-0.2, 0) is 25.8 Å². The van der Waals surface area contributed by atoms with Crippen molar-refractivity contribution in [2.75, 3.05) is 58.7 Å². The molecule has 2 heterocycles. The van der Waals surface area contributed by atoms with E-state index in [1.165, 1.54) is 6.26 Å². The zero-order valence-corrected chi connectivity index (χ0v) is 19.0. The predicted molar refractivity (Wildman–Crippen MR) is 119 cm³/mol. The van der Waals surface area contributed by atoms with Crippen LogP contribution in [0.5, 0.6) is 0 Å². The van der Waals surface area contributed by atoms with Crippen LogP contribution < -0.4 is 5.32 Å². The molecule has 2 fully saturated rings. The summed E-state index contributed by atoms with van der Waals surface area (Å²) in [6.45, 7) is 6.67. The summed E-state index contributed by atoms with van der Waals surface area (Å²) in [6.07, 6.45) is 3.23. The lowest BCUT2D eigenvalue weighted by Gasteiger charge is -2.31. The van der Waals surface area contributed by atoms with Crippen LogP contribution in [-0.4, -0.2) is 93.1 Å². The number of morpholine rings is 1. The van der Waals surface area contributed by atoms with Gasteiger partial charge in [-0.25, -0.2) is 8.42 Å². The quantitative estimate of drug-likeness (QED) is 0.476. The summed E-state index contributed by atoms with van der Waals surface area (Å²) in [5, 5.41) is 7.40. The van der Waals surface area contributed by atoms with E-state index in [2.05, 4.69) is 10.2 Å². The summed E-state index contributed by atoms with van der Waals surface area (Å²) in [4.78, 5) is 15.4. The molecule has 0 spiro atoms. The molecule has 0 saturated carbocycles. The van der Waals surface area contributed by atoms with Gasteiger partial charge in [0.1, 0.15) is 0 Å². The molecule has 2 aliphatic rings. The van der Waals surface area contributed by atoms with Crippen LogP contribution in [0.3, 0.4) is 0 Å². The van der Waals surface area contributed by atoms with Crippen molar-refractivity contribution in [1.82, 2.24) is 20.2 Å². The Labute approximate surface area is 184 Å². The van der Waals surface area contributed by atoms with Gasteiger partial charge >= 0.3 is 0 Å². The number of nitrogens with one attached hydrogen (secondary N) is 1. The Balaban J connectivity index is 1.46. The highest BCUT2D eigenvalue weighted by Crippen LogP contribution is 2.15. The van der Waals surface area contributed by atoms with E-state index in [1.54, 1.807) is 29.3 Å². The molecule has 0 atom stereocenters. The van der Waals surface area contributed by atoms with Crippen molar-refractivity contribution in [2.45, 2.75) is 24.2 Å². The summed E-state index contributed by atoms with van der Waals surface area (Å²) >= 11 is 5.52. The summed E-state index contributed by atoms with van der Waals surface area (Å²) in [5.74, 6) is -0.0444. The van der Waals surface area contributed by atoms with Gasteiger partial charge in [-0.05, 0) is 49.3 Å². The lowest BCUT2D eigenvalue weighted by molar-refractivity contribution is -0.138. The van der Waals surface area contributed by atoms with Crippen LogP contribution in [0.1, 0.15) is 18.4 Å². The molecule has 2 aliphatic heterocycles. The van der Waals surface area contributed by atoms with Crippen LogP contribution in [0, 0.1) is 0 Å². The van der Waals surface area contributed by atoms with E-state index in [4.69, 9.17) is 17.0 Å². The van der Waals surface area contributed by atoms with Gasteiger partial charge in [0.05, 0.1) is 24.5 Å². The van der Waals surface area contributed by atoms with Gasteiger partial charge in [0, 0.05) is 39.0 Å². The van der Waals surface area contributed by atoms with E-state index >= 15 is 0 Å². The van der Waals surface area contributed by atoms with Gasteiger partial charge in [0.15, 0.2) is 14.9 Å². The second kappa shape index (κ2) is 10.5. The highest BCUT2D eigenvalue weighted by Gasteiger charge is 2.28. The van der Waals surface area contributed by atoms with Gasteiger partial charge in [-0.15, -0.1) is 0 Å². The predicted octanol–water partition coefficient (Wildman–Crippen LogP) is 0.679. The zero-order chi connectivity index (χ0) is 21.6. The Morgan fingerprint density at radius 3 is 2.43 bits per heavy atom. The van der Waals surface area contributed by atoms with Crippen molar-refractivity contribution < 1.29 is 17.9 Å². The molecule has 10 heteroatoms. The molecule has 0 unspecified atom stereocenters. The van der Waals surface area contributed by atoms with Crippen molar-refractivity contribution in [1.29, 1.82) is 0 Å². The lowest BCUT2D eigenvalue weighted by atomic mass is 10.1. The number of rotatable bonds is 7. The normalized spacial score (nSPS) is 17.9. The number of hydrogen-bond acceptors (Lipinski definition) is 6. The molecule has 166 valence electrons. The highest BCUT2D eigenvalue weighted by atomic mass is 32.2. The zero-order valence-electron chi connectivity index (χ0n) is 17.4. The molecule has 1 amide bonds. The molecule has 0 aliphatic carbocycles. The molecule has 8 nitrogen and oxygen atoms in total. The summed E-state index contributed by atoms with van der Waals surface area (Å²) in [6, 6.07) is 6.47. The molecular weight excluding hydrogens is 424 g/mol. The molecule has 0 bridgehead atoms. The van der Waals surface area contributed by atoms with Crippen molar-refractivity contribution in [3.63, 3.8) is 0 Å². The topological polar surface area (TPSA) is 82.2 Å². The Hall–Kier alpha value is -1.75. The van der Waals surface area contributed by atoms with E-state index in [1.807, 2.05) is 5.01 Å². The molecular formula is C20H30N4O4S2. The lowest BCUT2D eigenvalue weighted by Crippen LogP contribution is -2.50. The number of carbonyl (C=O) groups is 1. The molecule has 30 heavy (non-hydrogen) atoms. The first-order valence-electron chi connectivity index (χ1n) is 10.3. The number of sulfone groups is 1. The van der Waals surface area contributed by atoms with Crippen molar-refractivity contribution in [3.8, 4) is 0 Å². The van der Waals surface area contributed by atoms with Gasteiger partial charge in [0.25, 0.3) is 0 Å². The molecule has 0 radical (unpaired) electrons. The molecule has 1 aromatic rings. The third kappa shape index (κ3) is 6.37. The number of carbonyl (C=O) groups excluding carboxylic acids is 1. The minimum Gasteiger partial charge on any atom is -0.379 e. The maximum atomic E-state index is 12.8. The smallest absolute Gasteiger partial charge is 0.245 e. The summed E-state index contributed by atoms with van der Waals surface area (Å²) < 4.78 is 28.5. The first kappa shape index (κ1) is 22.9. The van der Waals surface area contributed by atoms with Gasteiger partial charge in [-0.2, -0.15) is 0 Å². The van der Waals surface area contributed by atoms with Gasteiger partial charge in [-0.3, -0.25) is 19.7 Å². The average Bonchev–Trinajstić information content (AvgIpc) is 3.22. The molecule has 2 saturated heterocycles. The Bertz CT molecular complexity index is 839. The largest absolute Gasteiger partial charge is 0.379 e. The van der Waals surface area contributed by atoms with E-state index in [0.29, 0.717) is 18.2 Å². The fourth-order valence-electron chi connectivity index (χ4n) is 3.62. The standard InChI is InChI=1S/C20H30N4O4S2/c1-30(26,27)18-6-4-17(5-7-18)16-19(25)23-10-3-11-24(23)20(29)21-8-2-9-22-12-14-28-15-13-22/h4-7H,2-3,8-16H2,1H3,(H,21,29). The second-order valence-electron chi connectivity index (χ2n) is 7.63. The first-order chi connectivity index (χ1) is 14.3. The van der Waals surface area contributed by atoms with Crippen molar-refractivity contribution in [3.05, 3.63) is 29.8 Å². The second-order valence-corrected chi connectivity index (χ2v) is 10.0. The van der Waals surface area contributed by atoms with Crippen molar-refractivity contribution >= 4 is 33.1 Å². The monoisotopic (exact) mass is 454 g/mol. The van der Waals surface area contributed by atoms with Gasteiger partial charge < -0.3 is 10.1 Å². The number of hydrogen-bond donors (Lipinski definition) is 1. The number of thiocarbonyl (C=S) groups is 1. The summed E-state index contributed by atoms with van der Waals surface area (Å²) in [7, 11) is -3.24. The van der Waals surface area contributed by atoms with Crippen LogP contribution in [0.25, 0.3) is 0 Å². The molecule has 1 aromatic carbocycles. The minimum atomic E-state index is -3.24. The van der Waals surface area contributed by atoms with Crippen molar-refractivity contribution in [2.24, 2.45) is 0 Å². The number of ether oxygens (including phenoxy) is 1. The molecule has 0 aromatic heterocycles. The third-order valence-electron chi connectivity index (χ3n) is 5.29. The van der Waals surface area contributed by atoms with Crippen LogP contribution in [0.4, 0.5) is 0 Å². The Kier molecular flexibility index (Phi) is 8.04. The number of amides is 1. The van der Waals surface area contributed by atoms with E-state index in [-0.39, 0.29) is 17.2 Å². The van der Waals surface area contributed by atoms with Crippen LogP contribution >= 0.6 is 12.2 Å². The number of hydrazine groups is 1. The number of nitrogens with zero attached hydrogens (tertiary/aromatic N) is 3. The fraction of sp³-hybridized carbons (Fsp3) is 0.600. The molecule has 1 N–H and O–H groups in total. The first-order valence-corrected chi connectivity index (χ1v) is 12.6. The van der Waals surface area contributed by atoms with Crippen LogP contribution in [0.15, 0.2) is 29.2 Å². The average molecular weight is 455 g/mol. The fourth-order valence-corrected chi connectivity index (χ4v) is 4.54. The van der Waals surface area contributed by atoms with E-state index in [0.717, 1.165) is 57.8 Å². The maximum Gasteiger partial charge on any atom is 0.245 e. The van der Waals surface area contributed by atoms with Gasteiger partial charge in [-0.1, -0.05) is 12.1 Å². The SMILES string of the molecule is CS(=O)(=O)c1ccc(CC(=O)N2CCCN2C(=S)NCCCN2CCOCC2)cc1. The van der Waals surface area contributed by atoms with E-state index < -0.39 is 9.84 Å². The highest BCUT2D eigenvalue weighted by molar-refractivity contribution is 7.90. The summed E-state index contributed by atoms with van der Waals surface area (Å²) in [5.41, 5.74) is 0.781. The van der Waals surface area contributed by atoms with E-state index in [9.17, 15) is 13.2 Å². The minimum absolute atomic E-state index is 0.0444. The Morgan fingerprint density at radius 2 is 1.77 bits per heavy atom. The molecule has 3 rings (SSSR count). The maximum absolute atomic E-state index is 12.8. The third-order valence-corrected chi connectivity index (χ3v) is 6.78. The number of benzene rings is 1. The van der Waals surface area contributed by atoms with Crippen LogP contribution in [0.2, 0.25) is 0 Å². The Morgan fingerprint density at radius 1 is 1.10 bits per heavy atom. The van der Waals surface area contributed by atoms with Gasteiger partial charge in [0.2, 0.25) is 5.91 Å².